The third-order valence-corrected chi connectivity index (χ3v) is 5.69. The number of benzene rings is 1. The van der Waals surface area contributed by atoms with Gasteiger partial charge in [-0.15, -0.1) is 0 Å². The van der Waals surface area contributed by atoms with E-state index in [0.29, 0.717) is 28.2 Å². The Labute approximate surface area is 178 Å². The van der Waals surface area contributed by atoms with Gasteiger partial charge in [0.1, 0.15) is 18.2 Å². The quantitative estimate of drug-likeness (QED) is 0.733. The van der Waals surface area contributed by atoms with Crippen LogP contribution in [-0.2, 0) is 14.3 Å². The molecule has 1 N–H and O–H groups in total. The molecule has 1 aliphatic heterocycles. The normalized spacial score (nSPS) is 24.6. The Morgan fingerprint density at radius 2 is 2.00 bits per heavy atom. The number of carboxylic acid groups (broad SMARTS) is 1. The number of aromatic nitrogens is 1. The van der Waals surface area contributed by atoms with Crippen LogP contribution in [0.5, 0.6) is 0 Å². The first-order valence-electron chi connectivity index (χ1n) is 9.47. The van der Waals surface area contributed by atoms with Crippen LogP contribution in [0, 0.1) is 5.92 Å². The minimum absolute atomic E-state index is 0.320. The third-order valence-electron chi connectivity index (χ3n) is 5.23. The summed E-state index contributed by atoms with van der Waals surface area (Å²) in [5.74, 6) is -0.987. The number of aliphatic carboxylic acids is 1. The Kier molecular flexibility index (Phi) is 5.76. The van der Waals surface area contributed by atoms with Crippen LogP contribution in [0.3, 0.4) is 0 Å². The number of carbonyl (C=O) groups excluding carboxylic acids is 1. The van der Waals surface area contributed by atoms with Gasteiger partial charge in [0.25, 0.3) is 5.91 Å². The highest BCUT2D eigenvalue weighted by atomic mass is 35.5. The molecule has 152 valence electrons. The van der Waals surface area contributed by atoms with Crippen LogP contribution in [0.25, 0.3) is 0 Å². The summed E-state index contributed by atoms with van der Waals surface area (Å²) in [4.78, 5) is 30.7. The van der Waals surface area contributed by atoms with Gasteiger partial charge in [0.05, 0.1) is 17.1 Å². The van der Waals surface area contributed by atoms with Crippen LogP contribution in [0.1, 0.15) is 42.7 Å². The van der Waals surface area contributed by atoms with E-state index in [2.05, 4.69) is 4.98 Å². The van der Waals surface area contributed by atoms with E-state index >= 15 is 0 Å². The number of amides is 1. The standard InChI is InChI=1S/C21H20Cl2N2O4/c22-14-3-1-2-13(8-14)20-19(16-7-6-15(23)10-24-16)25(11-12-4-5-12)21(28)17(29-20)9-18(26)27/h1-3,6-8,10,12,17,19-20H,4-5,9,11H2,(H,26,27)/t17-,19-,20+/m1/s1. The van der Waals surface area contributed by atoms with Crippen molar-refractivity contribution in [2.75, 3.05) is 6.54 Å². The summed E-state index contributed by atoms with van der Waals surface area (Å²) in [7, 11) is 0. The number of carbonyl (C=O) groups is 2. The molecule has 29 heavy (non-hydrogen) atoms. The van der Waals surface area contributed by atoms with Crippen molar-refractivity contribution < 1.29 is 19.4 Å². The number of pyridine rings is 1. The van der Waals surface area contributed by atoms with Crippen LogP contribution in [0.4, 0.5) is 0 Å². The second kappa shape index (κ2) is 8.30. The van der Waals surface area contributed by atoms with E-state index in [4.69, 9.17) is 27.9 Å². The monoisotopic (exact) mass is 434 g/mol. The first-order chi connectivity index (χ1) is 13.9. The van der Waals surface area contributed by atoms with Gasteiger partial charge in [0.2, 0.25) is 0 Å². The Bertz CT molecular complexity index is 917. The van der Waals surface area contributed by atoms with Crippen molar-refractivity contribution in [3.8, 4) is 0 Å². The number of hydrogen-bond acceptors (Lipinski definition) is 4. The lowest BCUT2D eigenvalue weighted by molar-refractivity contribution is -0.179. The molecule has 2 heterocycles. The van der Waals surface area contributed by atoms with E-state index in [1.807, 2.05) is 6.07 Å². The average Bonchev–Trinajstić information content (AvgIpc) is 3.49. The number of ether oxygens (including phenoxy) is 1. The van der Waals surface area contributed by atoms with Crippen molar-refractivity contribution in [1.82, 2.24) is 9.88 Å². The third kappa shape index (κ3) is 4.55. The zero-order valence-electron chi connectivity index (χ0n) is 15.5. The summed E-state index contributed by atoms with van der Waals surface area (Å²) in [6.45, 7) is 0.546. The van der Waals surface area contributed by atoms with Gasteiger partial charge in [-0.3, -0.25) is 14.6 Å². The molecule has 3 atom stereocenters. The molecule has 2 aromatic rings. The van der Waals surface area contributed by atoms with E-state index < -0.39 is 30.6 Å². The Morgan fingerprint density at radius 3 is 2.62 bits per heavy atom. The van der Waals surface area contributed by atoms with Gasteiger partial charge in [0, 0.05) is 17.8 Å². The van der Waals surface area contributed by atoms with Gasteiger partial charge in [-0.05, 0) is 48.6 Å². The minimum Gasteiger partial charge on any atom is -0.481 e. The largest absolute Gasteiger partial charge is 0.481 e. The van der Waals surface area contributed by atoms with Crippen molar-refractivity contribution in [2.45, 2.75) is 37.5 Å². The predicted molar refractivity (Wildman–Crippen MR) is 108 cm³/mol. The van der Waals surface area contributed by atoms with Gasteiger partial charge in [-0.1, -0.05) is 35.3 Å². The maximum atomic E-state index is 13.2. The lowest BCUT2D eigenvalue weighted by Gasteiger charge is -2.44. The molecule has 1 saturated heterocycles. The summed E-state index contributed by atoms with van der Waals surface area (Å²) in [6.07, 6.45) is 1.60. The van der Waals surface area contributed by atoms with Crippen LogP contribution in [0.15, 0.2) is 42.6 Å². The smallest absolute Gasteiger partial charge is 0.306 e. The minimum atomic E-state index is -1.08. The van der Waals surface area contributed by atoms with Gasteiger partial charge in [-0.2, -0.15) is 0 Å². The van der Waals surface area contributed by atoms with Crippen LogP contribution < -0.4 is 0 Å². The molecule has 0 bridgehead atoms. The second-order valence-corrected chi connectivity index (χ2v) is 8.35. The molecular formula is C21H20Cl2N2O4. The molecular weight excluding hydrogens is 415 g/mol. The molecule has 1 aromatic heterocycles. The van der Waals surface area contributed by atoms with E-state index in [1.165, 1.54) is 6.20 Å². The summed E-state index contributed by atoms with van der Waals surface area (Å²) < 4.78 is 6.08. The first kappa shape index (κ1) is 20.1. The van der Waals surface area contributed by atoms with Crippen molar-refractivity contribution in [3.05, 3.63) is 63.9 Å². The zero-order valence-corrected chi connectivity index (χ0v) is 17.0. The van der Waals surface area contributed by atoms with E-state index in [9.17, 15) is 14.7 Å². The molecule has 1 aromatic carbocycles. The number of halogens is 2. The SMILES string of the molecule is O=C(O)C[C@H]1O[C@@H](c2cccc(Cl)c2)[C@@H](c2ccc(Cl)cn2)N(CC2CC2)C1=O. The van der Waals surface area contributed by atoms with Gasteiger partial charge >= 0.3 is 5.97 Å². The lowest BCUT2D eigenvalue weighted by Crippen LogP contribution is -2.52. The van der Waals surface area contributed by atoms with E-state index in [-0.39, 0.29) is 5.91 Å². The maximum absolute atomic E-state index is 13.2. The number of rotatable bonds is 6. The summed E-state index contributed by atoms with van der Waals surface area (Å²) >= 11 is 12.2. The zero-order chi connectivity index (χ0) is 20.5. The summed E-state index contributed by atoms with van der Waals surface area (Å²) in [5, 5.41) is 10.3. The Morgan fingerprint density at radius 1 is 1.21 bits per heavy atom. The van der Waals surface area contributed by atoms with Gasteiger partial charge in [0.15, 0.2) is 0 Å². The number of carboxylic acids is 1. The molecule has 1 saturated carbocycles. The maximum Gasteiger partial charge on any atom is 0.306 e. The molecule has 6 nitrogen and oxygen atoms in total. The molecule has 1 amide bonds. The average molecular weight is 435 g/mol. The van der Waals surface area contributed by atoms with E-state index in [0.717, 1.165) is 18.4 Å². The molecule has 1 aliphatic carbocycles. The molecule has 0 unspecified atom stereocenters. The Balaban J connectivity index is 1.78. The molecule has 2 aliphatic rings. The lowest BCUT2D eigenvalue weighted by atomic mass is 9.93. The predicted octanol–water partition coefficient (Wildman–Crippen LogP) is 4.28. The fourth-order valence-electron chi connectivity index (χ4n) is 3.69. The number of hydrogen-bond donors (Lipinski definition) is 1. The summed E-state index contributed by atoms with van der Waals surface area (Å²) in [5.41, 5.74) is 1.41. The summed E-state index contributed by atoms with van der Waals surface area (Å²) in [6, 6.07) is 10.2. The molecule has 0 spiro atoms. The van der Waals surface area contributed by atoms with E-state index in [1.54, 1.807) is 35.2 Å². The fraction of sp³-hybridized carbons (Fsp3) is 0.381. The van der Waals surface area contributed by atoms with Crippen molar-refractivity contribution in [1.29, 1.82) is 0 Å². The molecule has 2 fully saturated rings. The highest BCUT2D eigenvalue weighted by molar-refractivity contribution is 6.30. The molecule has 4 rings (SSSR count). The molecule has 0 radical (unpaired) electrons. The van der Waals surface area contributed by atoms with Crippen molar-refractivity contribution >= 4 is 35.1 Å². The topological polar surface area (TPSA) is 79.7 Å². The second-order valence-electron chi connectivity index (χ2n) is 7.48. The van der Waals surface area contributed by atoms with Gasteiger partial charge in [-0.25, -0.2) is 0 Å². The first-order valence-corrected chi connectivity index (χ1v) is 10.2. The highest BCUT2D eigenvalue weighted by Gasteiger charge is 2.46. The van der Waals surface area contributed by atoms with Crippen LogP contribution in [-0.4, -0.2) is 39.5 Å². The fourth-order valence-corrected chi connectivity index (χ4v) is 4.00. The Hall–Kier alpha value is -2.15. The van der Waals surface area contributed by atoms with Gasteiger partial charge < -0.3 is 14.7 Å². The van der Waals surface area contributed by atoms with Crippen LogP contribution in [0.2, 0.25) is 10.0 Å². The van der Waals surface area contributed by atoms with Crippen molar-refractivity contribution in [2.24, 2.45) is 5.92 Å². The molecule has 8 heteroatoms. The number of nitrogens with zero attached hydrogens (tertiary/aromatic N) is 2. The van der Waals surface area contributed by atoms with Crippen LogP contribution >= 0.6 is 23.2 Å². The van der Waals surface area contributed by atoms with Crippen molar-refractivity contribution in [3.63, 3.8) is 0 Å². The number of morpholine rings is 1. The highest BCUT2D eigenvalue weighted by Crippen LogP contribution is 2.44.